The third-order valence-corrected chi connectivity index (χ3v) is 6.63. The molecule has 0 saturated heterocycles. The summed E-state index contributed by atoms with van der Waals surface area (Å²) in [5, 5.41) is 0. The van der Waals surface area contributed by atoms with Crippen molar-refractivity contribution in [1.29, 1.82) is 0 Å². The first-order chi connectivity index (χ1) is 14.4. The standard InChI is InChI=1S/C24H33F3N2OS/c1-18(2)21(22(24(25,26)27)28-31(30)23(3,4)5)29(16-19-12-8-6-9-13-19)17-20-14-10-7-11-15-20/h6-15,18,21-22,28H,16-17H2,1-5H3/t21-,22-,31?/m0/s1. The molecule has 2 rings (SSSR count). The van der Waals surface area contributed by atoms with E-state index in [0.29, 0.717) is 13.1 Å². The summed E-state index contributed by atoms with van der Waals surface area (Å²) in [6.45, 7) is 9.28. The van der Waals surface area contributed by atoms with Gasteiger partial charge in [-0.3, -0.25) is 4.90 Å². The Kier molecular flexibility index (Phi) is 8.86. The van der Waals surface area contributed by atoms with E-state index in [9.17, 15) is 17.4 Å². The van der Waals surface area contributed by atoms with Crippen molar-refractivity contribution in [3.05, 3.63) is 71.8 Å². The Balaban J connectivity index is 2.47. The van der Waals surface area contributed by atoms with E-state index >= 15 is 0 Å². The summed E-state index contributed by atoms with van der Waals surface area (Å²) in [7, 11) is -1.86. The lowest BCUT2D eigenvalue weighted by molar-refractivity contribution is -0.171. The van der Waals surface area contributed by atoms with Crippen molar-refractivity contribution >= 4 is 11.0 Å². The van der Waals surface area contributed by atoms with Gasteiger partial charge in [-0.15, -0.1) is 0 Å². The molecule has 0 aliphatic rings. The summed E-state index contributed by atoms with van der Waals surface area (Å²) in [5.74, 6) is -0.330. The zero-order valence-electron chi connectivity index (χ0n) is 18.8. The molecule has 0 spiro atoms. The van der Waals surface area contributed by atoms with E-state index in [2.05, 4.69) is 4.72 Å². The van der Waals surface area contributed by atoms with Gasteiger partial charge in [-0.05, 0) is 37.8 Å². The van der Waals surface area contributed by atoms with Crippen LogP contribution in [0.4, 0.5) is 13.2 Å². The normalized spacial score (nSPS) is 15.8. The zero-order chi connectivity index (χ0) is 23.2. The third kappa shape index (κ3) is 7.74. The minimum absolute atomic E-state index is 0.330. The average Bonchev–Trinajstić information content (AvgIpc) is 2.67. The largest absolute Gasteiger partial charge is 0.406 e. The van der Waals surface area contributed by atoms with Crippen molar-refractivity contribution in [3.63, 3.8) is 0 Å². The second kappa shape index (κ2) is 10.7. The number of hydrogen-bond acceptors (Lipinski definition) is 2. The first-order valence-corrected chi connectivity index (χ1v) is 11.6. The van der Waals surface area contributed by atoms with Crippen LogP contribution < -0.4 is 4.72 Å². The molecule has 0 saturated carbocycles. The molecule has 1 unspecified atom stereocenters. The van der Waals surface area contributed by atoms with Crippen LogP contribution in [0.2, 0.25) is 0 Å². The summed E-state index contributed by atoms with van der Waals surface area (Å²) in [4.78, 5) is 1.85. The van der Waals surface area contributed by atoms with E-state index < -0.39 is 34.0 Å². The van der Waals surface area contributed by atoms with Gasteiger partial charge in [-0.2, -0.15) is 13.2 Å². The van der Waals surface area contributed by atoms with Crippen LogP contribution in [0.3, 0.4) is 0 Å². The number of halogens is 3. The first-order valence-electron chi connectivity index (χ1n) is 10.5. The van der Waals surface area contributed by atoms with Gasteiger partial charge >= 0.3 is 6.18 Å². The van der Waals surface area contributed by atoms with Gasteiger partial charge in [0.2, 0.25) is 0 Å². The van der Waals surface area contributed by atoms with Crippen LogP contribution in [-0.2, 0) is 24.1 Å². The van der Waals surface area contributed by atoms with E-state index in [1.54, 1.807) is 34.6 Å². The summed E-state index contributed by atoms with van der Waals surface area (Å²) in [6.07, 6.45) is -4.55. The SMILES string of the molecule is CC(C)[C@@H]([C@H](NS(=O)C(C)(C)C)C(F)(F)F)N(Cc1ccccc1)Cc1ccccc1. The number of alkyl halides is 3. The van der Waals surface area contributed by atoms with Gasteiger partial charge in [0.15, 0.2) is 0 Å². The van der Waals surface area contributed by atoms with E-state index in [-0.39, 0.29) is 5.92 Å². The van der Waals surface area contributed by atoms with Gasteiger partial charge in [0, 0.05) is 19.1 Å². The zero-order valence-corrected chi connectivity index (χ0v) is 19.6. The van der Waals surface area contributed by atoms with Crippen LogP contribution in [0.25, 0.3) is 0 Å². The number of hydrogen-bond donors (Lipinski definition) is 1. The van der Waals surface area contributed by atoms with Gasteiger partial charge in [0.25, 0.3) is 0 Å². The predicted molar refractivity (Wildman–Crippen MR) is 122 cm³/mol. The monoisotopic (exact) mass is 454 g/mol. The Labute approximate surface area is 186 Å². The highest BCUT2D eigenvalue weighted by atomic mass is 32.2. The van der Waals surface area contributed by atoms with Crippen molar-refractivity contribution in [2.75, 3.05) is 0 Å². The van der Waals surface area contributed by atoms with E-state index in [4.69, 9.17) is 0 Å². The average molecular weight is 455 g/mol. The van der Waals surface area contributed by atoms with Crippen LogP contribution in [0.5, 0.6) is 0 Å². The Morgan fingerprint density at radius 2 is 1.29 bits per heavy atom. The number of benzene rings is 2. The van der Waals surface area contributed by atoms with Crippen molar-refractivity contribution in [3.8, 4) is 0 Å². The number of nitrogens with one attached hydrogen (secondary N) is 1. The van der Waals surface area contributed by atoms with Crippen LogP contribution >= 0.6 is 0 Å². The van der Waals surface area contributed by atoms with E-state index in [0.717, 1.165) is 11.1 Å². The maximum atomic E-state index is 14.3. The molecule has 172 valence electrons. The molecular weight excluding hydrogens is 421 g/mol. The lowest BCUT2D eigenvalue weighted by Gasteiger charge is -2.41. The highest BCUT2D eigenvalue weighted by Gasteiger charge is 2.49. The molecule has 0 amide bonds. The summed E-state index contributed by atoms with van der Waals surface area (Å²) in [6, 6.07) is 16.1. The molecule has 1 N–H and O–H groups in total. The van der Waals surface area contributed by atoms with Gasteiger partial charge < -0.3 is 0 Å². The fourth-order valence-corrected chi connectivity index (χ4v) is 4.40. The molecule has 0 radical (unpaired) electrons. The molecule has 0 aliphatic carbocycles. The van der Waals surface area contributed by atoms with Crippen LogP contribution in [-0.4, -0.2) is 32.1 Å². The Morgan fingerprint density at radius 1 is 0.871 bits per heavy atom. The topological polar surface area (TPSA) is 32.3 Å². The minimum Gasteiger partial charge on any atom is -0.290 e. The minimum atomic E-state index is -4.55. The van der Waals surface area contributed by atoms with Gasteiger partial charge in [-0.1, -0.05) is 74.5 Å². The predicted octanol–water partition coefficient (Wildman–Crippen LogP) is 5.70. The third-order valence-electron chi connectivity index (χ3n) is 5.05. The highest BCUT2D eigenvalue weighted by Crippen LogP contribution is 2.32. The smallest absolute Gasteiger partial charge is 0.290 e. The molecule has 2 aromatic rings. The van der Waals surface area contributed by atoms with E-state index in [1.807, 2.05) is 65.6 Å². The molecule has 0 heterocycles. The van der Waals surface area contributed by atoms with Crippen molar-refractivity contribution in [2.45, 2.75) is 70.7 Å². The van der Waals surface area contributed by atoms with Gasteiger partial charge in [-0.25, -0.2) is 8.93 Å². The Bertz CT molecular complexity index is 779. The van der Waals surface area contributed by atoms with Crippen LogP contribution in [0.1, 0.15) is 45.7 Å². The molecule has 0 aliphatic heterocycles. The van der Waals surface area contributed by atoms with Crippen molar-refractivity contribution in [1.82, 2.24) is 9.62 Å². The Hall–Kier alpha value is -1.70. The van der Waals surface area contributed by atoms with E-state index in [1.165, 1.54) is 0 Å². The molecule has 3 nitrogen and oxygen atoms in total. The van der Waals surface area contributed by atoms with Gasteiger partial charge in [0.05, 0.1) is 15.7 Å². The second-order valence-electron chi connectivity index (χ2n) is 9.13. The summed E-state index contributed by atoms with van der Waals surface area (Å²) < 4.78 is 57.2. The van der Waals surface area contributed by atoms with Crippen molar-refractivity contribution < 1.29 is 17.4 Å². The molecule has 0 fully saturated rings. The quantitative estimate of drug-likeness (QED) is 0.527. The van der Waals surface area contributed by atoms with Crippen LogP contribution in [0.15, 0.2) is 60.7 Å². The fraction of sp³-hybridized carbons (Fsp3) is 0.500. The number of nitrogens with zero attached hydrogens (tertiary/aromatic N) is 1. The second-order valence-corrected chi connectivity index (χ2v) is 11.1. The van der Waals surface area contributed by atoms with Gasteiger partial charge in [0.1, 0.15) is 6.04 Å². The molecule has 0 aromatic heterocycles. The summed E-state index contributed by atoms with van der Waals surface area (Å²) >= 11 is 0. The maximum Gasteiger partial charge on any atom is 0.406 e. The summed E-state index contributed by atoms with van der Waals surface area (Å²) in [5.41, 5.74) is 1.86. The first kappa shape index (κ1) is 25.6. The Morgan fingerprint density at radius 3 is 1.61 bits per heavy atom. The molecule has 31 heavy (non-hydrogen) atoms. The lowest BCUT2D eigenvalue weighted by Crippen LogP contribution is -2.60. The molecule has 7 heteroatoms. The lowest BCUT2D eigenvalue weighted by atomic mass is 9.93. The van der Waals surface area contributed by atoms with Crippen molar-refractivity contribution in [2.24, 2.45) is 5.92 Å². The number of rotatable bonds is 9. The molecule has 0 bridgehead atoms. The fourth-order valence-electron chi connectivity index (χ4n) is 3.54. The molecule has 2 aromatic carbocycles. The highest BCUT2D eigenvalue weighted by molar-refractivity contribution is 7.84. The molecule has 3 atom stereocenters. The molecular formula is C24H33F3N2OS. The van der Waals surface area contributed by atoms with Crippen LogP contribution in [0, 0.1) is 5.92 Å². The maximum absolute atomic E-state index is 14.3.